The molecule has 0 saturated heterocycles. The molecule has 0 aliphatic heterocycles. The molecule has 0 fully saturated rings. The Bertz CT molecular complexity index is 555. The molecule has 0 aromatic heterocycles. The molecule has 0 heterocycles. The van der Waals surface area contributed by atoms with Crippen LogP contribution in [-0.4, -0.2) is 7.11 Å². The highest BCUT2D eigenvalue weighted by atomic mass is 19.1. The second-order valence-corrected chi connectivity index (χ2v) is 3.58. The van der Waals surface area contributed by atoms with Gasteiger partial charge in [0, 0.05) is 16.8 Å². The molecule has 0 aliphatic carbocycles. The maximum Gasteiger partial charge on any atom is 0.131 e. The van der Waals surface area contributed by atoms with E-state index in [2.05, 4.69) is 0 Å². The minimum absolute atomic E-state index is 0.223. The molecule has 2 N–H and O–H groups in total. The summed E-state index contributed by atoms with van der Waals surface area (Å²) in [6.07, 6.45) is 0. The van der Waals surface area contributed by atoms with Gasteiger partial charge in [0.2, 0.25) is 0 Å². The first-order chi connectivity index (χ1) is 8.11. The van der Waals surface area contributed by atoms with Crippen LogP contribution in [0.4, 0.5) is 14.5 Å². The summed E-state index contributed by atoms with van der Waals surface area (Å²) in [7, 11) is 1.45. The number of benzene rings is 2. The Morgan fingerprint density at radius 1 is 1.00 bits per heavy atom. The molecule has 0 spiro atoms. The van der Waals surface area contributed by atoms with Crippen LogP contribution in [0.25, 0.3) is 11.1 Å². The third-order valence-corrected chi connectivity index (χ3v) is 2.44. The Hall–Kier alpha value is -2.10. The maximum atomic E-state index is 13.7. The lowest BCUT2D eigenvalue weighted by Crippen LogP contribution is -1.93. The van der Waals surface area contributed by atoms with E-state index >= 15 is 0 Å². The van der Waals surface area contributed by atoms with Crippen molar-refractivity contribution >= 4 is 5.69 Å². The fourth-order valence-electron chi connectivity index (χ4n) is 1.64. The van der Waals surface area contributed by atoms with Gasteiger partial charge in [0.15, 0.2) is 0 Å². The van der Waals surface area contributed by atoms with Crippen molar-refractivity contribution < 1.29 is 13.5 Å². The van der Waals surface area contributed by atoms with Gasteiger partial charge in [-0.3, -0.25) is 0 Å². The summed E-state index contributed by atoms with van der Waals surface area (Å²) < 4.78 is 31.9. The smallest absolute Gasteiger partial charge is 0.131 e. The maximum absolute atomic E-state index is 13.7. The summed E-state index contributed by atoms with van der Waals surface area (Å²) in [6.45, 7) is 0. The number of hydrogen-bond acceptors (Lipinski definition) is 2. The first-order valence-corrected chi connectivity index (χ1v) is 5.01. The summed E-state index contributed by atoms with van der Waals surface area (Å²) in [5.41, 5.74) is 6.57. The van der Waals surface area contributed by atoms with Crippen molar-refractivity contribution in [3.63, 3.8) is 0 Å². The van der Waals surface area contributed by atoms with Crippen LogP contribution in [0.5, 0.6) is 5.75 Å². The molecule has 4 heteroatoms. The minimum Gasteiger partial charge on any atom is -0.496 e. The molecule has 0 unspecified atom stereocenters. The Kier molecular flexibility index (Phi) is 2.95. The molecule has 0 bridgehead atoms. The van der Waals surface area contributed by atoms with E-state index in [9.17, 15) is 8.78 Å². The first-order valence-electron chi connectivity index (χ1n) is 5.01. The quantitative estimate of drug-likeness (QED) is 0.811. The van der Waals surface area contributed by atoms with Crippen molar-refractivity contribution in [1.29, 1.82) is 0 Å². The van der Waals surface area contributed by atoms with E-state index in [0.717, 1.165) is 0 Å². The zero-order chi connectivity index (χ0) is 12.4. The third-order valence-electron chi connectivity index (χ3n) is 2.44. The van der Waals surface area contributed by atoms with Gasteiger partial charge in [0.05, 0.1) is 7.11 Å². The topological polar surface area (TPSA) is 35.2 Å². The normalized spacial score (nSPS) is 10.3. The van der Waals surface area contributed by atoms with Gasteiger partial charge in [-0.1, -0.05) is 0 Å². The molecule has 2 rings (SSSR count). The van der Waals surface area contributed by atoms with Crippen molar-refractivity contribution in [3.8, 4) is 16.9 Å². The van der Waals surface area contributed by atoms with Crippen molar-refractivity contribution in [1.82, 2.24) is 0 Å². The number of ether oxygens (including phenoxy) is 1. The van der Waals surface area contributed by atoms with Crippen molar-refractivity contribution in [2.45, 2.75) is 0 Å². The number of nitrogens with two attached hydrogens (primary N) is 1. The summed E-state index contributed by atoms with van der Waals surface area (Å²) in [4.78, 5) is 0. The van der Waals surface area contributed by atoms with Crippen LogP contribution < -0.4 is 10.5 Å². The number of halogens is 2. The van der Waals surface area contributed by atoms with Crippen LogP contribution in [0.15, 0.2) is 36.4 Å². The van der Waals surface area contributed by atoms with E-state index < -0.39 is 11.6 Å². The van der Waals surface area contributed by atoms with Gasteiger partial charge in [0.1, 0.15) is 17.4 Å². The summed E-state index contributed by atoms with van der Waals surface area (Å²) in [5.74, 6) is -0.526. The van der Waals surface area contributed by atoms with Gasteiger partial charge in [-0.2, -0.15) is 0 Å². The molecular formula is C13H11F2NO. The van der Waals surface area contributed by atoms with Gasteiger partial charge < -0.3 is 10.5 Å². The Balaban J connectivity index is 2.66. The summed E-state index contributed by atoms with van der Waals surface area (Å²) in [5, 5.41) is 0. The van der Waals surface area contributed by atoms with E-state index in [-0.39, 0.29) is 5.56 Å². The largest absolute Gasteiger partial charge is 0.496 e. The van der Waals surface area contributed by atoms with Crippen LogP contribution >= 0.6 is 0 Å². The molecule has 88 valence electrons. The lowest BCUT2D eigenvalue weighted by atomic mass is 10.0. The first kappa shape index (κ1) is 11.4. The Morgan fingerprint density at radius 2 is 1.76 bits per heavy atom. The van der Waals surface area contributed by atoms with Crippen molar-refractivity contribution in [3.05, 3.63) is 48.0 Å². The molecule has 0 atom stereocenters. The number of rotatable bonds is 2. The molecular weight excluding hydrogens is 224 g/mol. The van der Waals surface area contributed by atoms with Gasteiger partial charge >= 0.3 is 0 Å². The van der Waals surface area contributed by atoms with E-state index in [1.165, 1.54) is 43.5 Å². The van der Waals surface area contributed by atoms with Crippen molar-refractivity contribution in [2.75, 3.05) is 12.8 Å². The fourth-order valence-corrected chi connectivity index (χ4v) is 1.64. The highest BCUT2D eigenvalue weighted by Crippen LogP contribution is 2.33. The standard InChI is InChI=1S/C13H11F2NO/c1-17-13-5-2-8(14)6-11(13)10-7-9(16)3-4-12(10)15/h2-7H,16H2,1H3. The lowest BCUT2D eigenvalue weighted by molar-refractivity contribution is 0.415. The highest BCUT2D eigenvalue weighted by Gasteiger charge is 2.12. The molecule has 0 aliphatic rings. The molecule has 0 amide bonds. The predicted molar refractivity (Wildman–Crippen MR) is 62.8 cm³/mol. The monoisotopic (exact) mass is 235 g/mol. The second kappa shape index (κ2) is 4.41. The van der Waals surface area contributed by atoms with Crippen LogP contribution in [0, 0.1) is 11.6 Å². The SMILES string of the molecule is COc1ccc(F)cc1-c1cc(N)ccc1F. The van der Waals surface area contributed by atoms with E-state index in [0.29, 0.717) is 17.0 Å². The molecule has 2 aromatic rings. The van der Waals surface area contributed by atoms with Crippen LogP contribution in [0.1, 0.15) is 0 Å². The fraction of sp³-hybridized carbons (Fsp3) is 0.0769. The third kappa shape index (κ3) is 2.20. The van der Waals surface area contributed by atoms with Gasteiger partial charge in [-0.25, -0.2) is 8.78 Å². The Labute approximate surface area is 97.6 Å². The number of methoxy groups -OCH3 is 1. The number of nitrogen functional groups attached to an aromatic ring is 1. The molecule has 0 radical (unpaired) electrons. The van der Waals surface area contributed by atoms with Gasteiger partial charge in [-0.05, 0) is 36.4 Å². The number of hydrogen-bond donors (Lipinski definition) is 1. The summed E-state index contributed by atoms with van der Waals surface area (Å²) >= 11 is 0. The van der Waals surface area contributed by atoms with Crippen molar-refractivity contribution in [2.24, 2.45) is 0 Å². The lowest BCUT2D eigenvalue weighted by Gasteiger charge is -2.10. The number of anilines is 1. The average molecular weight is 235 g/mol. The van der Waals surface area contributed by atoms with E-state index in [4.69, 9.17) is 10.5 Å². The predicted octanol–water partition coefficient (Wildman–Crippen LogP) is 3.22. The summed E-state index contributed by atoms with van der Waals surface area (Å²) in [6, 6.07) is 8.07. The van der Waals surface area contributed by atoms with E-state index in [1.807, 2.05) is 0 Å². The van der Waals surface area contributed by atoms with Gasteiger partial charge in [-0.15, -0.1) is 0 Å². The highest BCUT2D eigenvalue weighted by molar-refractivity contribution is 5.73. The molecule has 17 heavy (non-hydrogen) atoms. The molecule has 2 aromatic carbocycles. The second-order valence-electron chi connectivity index (χ2n) is 3.58. The zero-order valence-corrected chi connectivity index (χ0v) is 9.21. The minimum atomic E-state index is -0.469. The average Bonchev–Trinajstić information content (AvgIpc) is 2.32. The van der Waals surface area contributed by atoms with Crippen LogP contribution in [0.3, 0.4) is 0 Å². The molecule has 0 saturated carbocycles. The van der Waals surface area contributed by atoms with Gasteiger partial charge in [0.25, 0.3) is 0 Å². The molecule has 2 nitrogen and oxygen atoms in total. The van der Waals surface area contributed by atoms with E-state index in [1.54, 1.807) is 0 Å². The van der Waals surface area contributed by atoms with Crippen LogP contribution in [0.2, 0.25) is 0 Å². The zero-order valence-electron chi connectivity index (χ0n) is 9.21. The van der Waals surface area contributed by atoms with Crippen LogP contribution in [-0.2, 0) is 0 Å². The Morgan fingerprint density at radius 3 is 2.47 bits per heavy atom.